The van der Waals surface area contributed by atoms with Gasteiger partial charge in [-0.15, -0.1) is 0 Å². The molecule has 4 atom stereocenters. The number of ether oxygens (including phenoxy) is 1. The number of rotatable bonds is 13. The summed E-state index contributed by atoms with van der Waals surface area (Å²) < 4.78 is 37.5. The number of H-pyrrole nitrogens is 1. The smallest absolute Gasteiger partial charge is 0.407 e. The number of alkyl carbamates (subject to hydrolysis) is 1. The maximum absolute atomic E-state index is 13.2. The molecule has 0 spiro atoms. The van der Waals surface area contributed by atoms with E-state index in [4.69, 9.17) is 4.74 Å². The summed E-state index contributed by atoms with van der Waals surface area (Å²) in [5, 5.41) is 18.4. The Bertz CT molecular complexity index is 1280. The number of para-hydroxylation sites is 2. The van der Waals surface area contributed by atoms with Crippen LogP contribution in [0.4, 0.5) is 4.79 Å². The van der Waals surface area contributed by atoms with Gasteiger partial charge in [0.05, 0.1) is 21.8 Å². The number of aliphatic hydroxyl groups excluding tert-OH is 1. The fourth-order valence-corrected chi connectivity index (χ4v) is 5.85. The van der Waals surface area contributed by atoms with Crippen LogP contribution in [0.3, 0.4) is 0 Å². The zero-order valence-electron chi connectivity index (χ0n) is 22.8. The number of aromatic nitrogens is 2. The number of fused-ring (bicyclic) bond motifs is 1. The predicted molar refractivity (Wildman–Crippen MR) is 149 cm³/mol. The molecule has 15 heteroatoms. The number of nitrogens with zero attached hydrogens (tertiary/aromatic N) is 1. The summed E-state index contributed by atoms with van der Waals surface area (Å²) >= 11 is 1.39. The lowest BCUT2D eigenvalue weighted by Crippen LogP contribution is -2.55. The summed E-state index contributed by atoms with van der Waals surface area (Å²) in [5.74, 6) is -1.84. The largest absolute Gasteiger partial charge is 0.448 e. The van der Waals surface area contributed by atoms with Crippen LogP contribution in [0, 0.1) is 11.8 Å². The molecule has 2 heterocycles. The number of hydrogen-bond acceptors (Lipinski definition) is 9. The highest BCUT2D eigenvalue weighted by Crippen LogP contribution is 2.32. The van der Waals surface area contributed by atoms with Crippen LogP contribution in [-0.4, -0.2) is 81.4 Å². The van der Waals surface area contributed by atoms with Crippen molar-refractivity contribution in [1.29, 1.82) is 0 Å². The quantitative estimate of drug-likeness (QED) is 0.146. The number of aliphatic hydroxyl groups is 1. The van der Waals surface area contributed by atoms with Crippen LogP contribution in [0.2, 0.25) is 0 Å². The summed E-state index contributed by atoms with van der Waals surface area (Å²) in [4.78, 5) is 45.6. The first-order valence-corrected chi connectivity index (χ1v) is 15.3. The van der Waals surface area contributed by atoms with Gasteiger partial charge >= 0.3 is 6.09 Å². The second-order valence-corrected chi connectivity index (χ2v) is 14.1. The number of aromatic amines is 1. The minimum Gasteiger partial charge on any atom is -0.448 e. The molecular weight excluding hydrogens is 562 g/mol. The molecule has 2 aromatic rings. The lowest BCUT2D eigenvalue weighted by molar-refractivity contribution is -0.126. The minimum atomic E-state index is -4.95. The number of hydrogen-bond donors (Lipinski definition) is 6. The van der Waals surface area contributed by atoms with E-state index >= 15 is 0 Å². The van der Waals surface area contributed by atoms with Gasteiger partial charge < -0.3 is 30.8 Å². The van der Waals surface area contributed by atoms with Crippen LogP contribution in [0.1, 0.15) is 47.0 Å². The van der Waals surface area contributed by atoms with Gasteiger partial charge in [0.1, 0.15) is 12.6 Å². The van der Waals surface area contributed by atoms with E-state index in [1.807, 2.05) is 52.0 Å². The Hall–Kier alpha value is -2.88. The lowest BCUT2D eigenvalue weighted by atomic mass is 9.97. The maximum atomic E-state index is 13.2. The molecule has 3 amide bonds. The van der Waals surface area contributed by atoms with Crippen LogP contribution in [-0.2, 0) is 24.4 Å². The summed E-state index contributed by atoms with van der Waals surface area (Å²) in [6.07, 6.45) is -0.520. The number of carbonyl (C=O) groups is 3. The van der Waals surface area contributed by atoms with Gasteiger partial charge in [-0.2, -0.15) is 8.42 Å². The maximum Gasteiger partial charge on any atom is 0.407 e. The molecular formula is C25H37N5O8S2. The van der Waals surface area contributed by atoms with E-state index in [2.05, 4.69) is 25.9 Å². The van der Waals surface area contributed by atoms with Crippen LogP contribution in [0.25, 0.3) is 11.0 Å². The highest BCUT2D eigenvalue weighted by atomic mass is 32.2. The number of nitrogens with one attached hydrogen (secondary N) is 4. The van der Waals surface area contributed by atoms with E-state index in [1.165, 1.54) is 11.8 Å². The van der Waals surface area contributed by atoms with Crippen molar-refractivity contribution in [2.45, 2.75) is 74.4 Å². The highest BCUT2D eigenvalue weighted by molar-refractivity contribution is 8.00. The summed E-state index contributed by atoms with van der Waals surface area (Å²) in [5.41, 5.74) is -0.659. The lowest BCUT2D eigenvalue weighted by Gasteiger charge is -2.28. The third-order valence-corrected chi connectivity index (χ3v) is 8.28. The van der Waals surface area contributed by atoms with Crippen LogP contribution in [0.15, 0.2) is 29.4 Å². The van der Waals surface area contributed by atoms with Gasteiger partial charge in [0.2, 0.25) is 17.3 Å². The molecule has 1 fully saturated rings. The molecule has 1 aliphatic rings. The Morgan fingerprint density at radius 3 is 2.55 bits per heavy atom. The normalized spacial score (nSPS) is 18.3. The molecule has 1 aromatic carbocycles. The van der Waals surface area contributed by atoms with Gasteiger partial charge in [0.15, 0.2) is 5.16 Å². The Balaban J connectivity index is 1.63. The predicted octanol–water partition coefficient (Wildman–Crippen LogP) is 1.79. The first-order chi connectivity index (χ1) is 18.6. The molecule has 0 bridgehead atoms. The van der Waals surface area contributed by atoms with E-state index in [9.17, 15) is 32.5 Å². The molecule has 3 rings (SSSR count). The van der Waals surface area contributed by atoms with E-state index in [1.54, 1.807) is 0 Å². The Morgan fingerprint density at radius 1 is 1.25 bits per heavy atom. The van der Waals surface area contributed by atoms with Gasteiger partial charge in [0, 0.05) is 12.5 Å². The average Bonchev–Trinajstić information content (AvgIpc) is 3.45. The molecule has 40 heavy (non-hydrogen) atoms. The van der Waals surface area contributed by atoms with Crippen LogP contribution >= 0.6 is 11.8 Å². The zero-order valence-corrected chi connectivity index (χ0v) is 24.5. The standard InChI is InChI=1S/C25H37N5O8S2/c1-14(2)11-18(21(32)27-19(22(33)40(35,36)37)12-15-9-10-26-20(15)31)30-24(34)38-13-25(3,4)39-23-28-16-7-5-6-8-17(16)29-23/h5-8,14-15,18-19,22,33H,9-13H2,1-4H3,(H,26,31)(H,27,32)(H,28,29)(H,30,34)(H,35,36,37)/t15-,18-,19-,22-/m0/s1. The minimum absolute atomic E-state index is 0.0164. The second-order valence-electron chi connectivity index (χ2n) is 10.9. The van der Waals surface area contributed by atoms with Crippen molar-refractivity contribution < 1.29 is 37.2 Å². The van der Waals surface area contributed by atoms with Crippen molar-refractivity contribution >= 4 is 50.8 Å². The van der Waals surface area contributed by atoms with E-state index in [-0.39, 0.29) is 31.3 Å². The molecule has 0 aliphatic carbocycles. The number of thioether (sulfide) groups is 1. The third kappa shape index (κ3) is 9.08. The van der Waals surface area contributed by atoms with Gasteiger partial charge in [-0.05, 0) is 51.2 Å². The van der Waals surface area contributed by atoms with E-state index in [0.717, 1.165) is 11.0 Å². The highest BCUT2D eigenvalue weighted by Gasteiger charge is 2.38. The summed E-state index contributed by atoms with van der Waals surface area (Å²) in [6.45, 7) is 7.76. The second kappa shape index (κ2) is 13.2. The Morgan fingerprint density at radius 2 is 1.95 bits per heavy atom. The number of benzene rings is 1. The Labute approximate surface area is 237 Å². The first kappa shape index (κ1) is 31.6. The van der Waals surface area contributed by atoms with E-state index in [0.29, 0.717) is 18.1 Å². The van der Waals surface area contributed by atoms with Crippen LogP contribution in [0.5, 0.6) is 0 Å². The number of carbonyl (C=O) groups excluding carboxylic acids is 3. The molecule has 0 unspecified atom stereocenters. The van der Waals surface area contributed by atoms with Gasteiger partial charge in [-0.25, -0.2) is 9.78 Å². The molecule has 1 aromatic heterocycles. The van der Waals surface area contributed by atoms with Gasteiger partial charge in [-0.1, -0.05) is 37.7 Å². The van der Waals surface area contributed by atoms with Crippen LogP contribution < -0.4 is 16.0 Å². The van der Waals surface area contributed by atoms with Crippen molar-refractivity contribution in [1.82, 2.24) is 25.9 Å². The van der Waals surface area contributed by atoms with Crippen molar-refractivity contribution in [2.75, 3.05) is 13.2 Å². The fraction of sp³-hybridized carbons (Fsp3) is 0.600. The third-order valence-electron chi connectivity index (χ3n) is 6.29. The average molecular weight is 600 g/mol. The number of amides is 3. The topological polar surface area (TPSA) is 200 Å². The summed E-state index contributed by atoms with van der Waals surface area (Å²) in [7, 11) is -4.95. The molecule has 6 N–H and O–H groups in total. The summed E-state index contributed by atoms with van der Waals surface area (Å²) in [6, 6.07) is 4.96. The SMILES string of the molecule is CC(C)C[C@H](NC(=O)OCC(C)(C)Sc1nc2ccccc2[nH]1)C(=O)N[C@@H](C[C@@H]1CCNC1=O)[C@@H](O)S(=O)(=O)O. The monoisotopic (exact) mass is 599 g/mol. The van der Waals surface area contributed by atoms with Crippen molar-refractivity contribution in [2.24, 2.45) is 11.8 Å². The molecule has 1 saturated heterocycles. The molecule has 222 valence electrons. The van der Waals surface area contributed by atoms with Crippen molar-refractivity contribution in [3.05, 3.63) is 24.3 Å². The number of imidazole rings is 1. The fourth-order valence-electron chi connectivity index (χ4n) is 4.31. The van der Waals surface area contributed by atoms with Gasteiger partial charge in [-0.3, -0.25) is 14.1 Å². The Kier molecular flexibility index (Phi) is 10.4. The van der Waals surface area contributed by atoms with Crippen molar-refractivity contribution in [3.63, 3.8) is 0 Å². The first-order valence-electron chi connectivity index (χ1n) is 12.9. The molecule has 1 aliphatic heterocycles. The molecule has 0 saturated carbocycles. The molecule has 0 radical (unpaired) electrons. The van der Waals surface area contributed by atoms with Gasteiger partial charge in [0.25, 0.3) is 10.1 Å². The van der Waals surface area contributed by atoms with Crippen molar-refractivity contribution in [3.8, 4) is 0 Å². The molecule has 13 nitrogen and oxygen atoms in total. The zero-order chi connectivity index (χ0) is 29.7. The van der Waals surface area contributed by atoms with E-state index < -0.39 is 50.3 Å².